The van der Waals surface area contributed by atoms with Gasteiger partial charge in [0.2, 0.25) is 0 Å². The summed E-state index contributed by atoms with van der Waals surface area (Å²) >= 11 is 0. The first-order valence-electron chi connectivity index (χ1n) is 11.3. The molecule has 2 heteroatoms. The van der Waals surface area contributed by atoms with Gasteiger partial charge in [-0.1, -0.05) is 117 Å². The summed E-state index contributed by atoms with van der Waals surface area (Å²) in [6.45, 7) is 8.09. The molecular weight excluding hydrogens is 308 g/mol. The van der Waals surface area contributed by atoms with Crippen molar-refractivity contribution in [3.63, 3.8) is 0 Å². The maximum atomic E-state index is 9.16. The van der Waals surface area contributed by atoms with E-state index in [0.717, 1.165) is 6.61 Å². The van der Waals surface area contributed by atoms with Crippen molar-refractivity contribution in [2.75, 3.05) is 19.8 Å². The molecule has 152 valence electrons. The predicted molar refractivity (Wildman–Crippen MR) is 111 cm³/mol. The smallest absolute Gasteiger partial charge is 0.0539 e. The third kappa shape index (κ3) is 20.1. The van der Waals surface area contributed by atoms with E-state index in [-0.39, 0.29) is 12.0 Å². The van der Waals surface area contributed by atoms with E-state index in [1.54, 1.807) is 0 Å². The van der Waals surface area contributed by atoms with Gasteiger partial charge in [-0.2, -0.15) is 0 Å². The van der Waals surface area contributed by atoms with Crippen LogP contribution < -0.4 is 0 Å². The largest absolute Gasteiger partial charge is 0.396 e. The SMILES string of the molecule is CCCCCCCCCCCCCCCCCCOCC(C)(C)CO. The highest BCUT2D eigenvalue weighted by molar-refractivity contribution is 4.65. The average molecular weight is 357 g/mol. The summed E-state index contributed by atoms with van der Waals surface area (Å²) in [5, 5.41) is 9.16. The van der Waals surface area contributed by atoms with Crippen LogP contribution in [0, 0.1) is 5.41 Å². The first-order chi connectivity index (χ1) is 12.1. The van der Waals surface area contributed by atoms with E-state index in [1.165, 1.54) is 103 Å². The average Bonchev–Trinajstić information content (AvgIpc) is 2.60. The standard InChI is InChI=1S/C23H48O2/c1-4-5-6-7-8-9-10-11-12-13-14-15-16-17-18-19-20-25-22-23(2,3)21-24/h24H,4-22H2,1-3H3. The molecular formula is C23H48O2. The zero-order chi connectivity index (χ0) is 18.6. The van der Waals surface area contributed by atoms with Crippen LogP contribution in [-0.2, 0) is 4.74 Å². The fourth-order valence-corrected chi connectivity index (χ4v) is 3.15. The van der Waals surface area contributed by atoms with Crippen molar-refractivity contribution in [1.82, 2.24) is 0 Å². The highest BCUT2D eigenvalue weighted by Gasteiger charge is 2.15. The van der Waals surface area contributed by atoms with Crippen LogP contribution in [0.4, 0.5) is 0 Å². The highest BCUT2D eigenvalue weighted by atomic mass is 16.5. The van der Waals surface area contributed by atoms with E-state index in [0.29, 0.717) is 6.61 Å². The molecule has 0 aliphatic carbocycles. The van der Waals surface area contributed by atoms with Crippen molar-refractivity contribution in [3.05, 3.63) is 0 Å². The molecule has 0 aliphatic heterocycles. The fourth-order valence-electron chi connectivity index (χ4n) is 3.15. The Morgan fingerprint density at radius 2 is 0.960 bits per heavy atom. The molecule has 0 bridgehead atoms. The molecule has 0 unspecified atom stereocenters. The van der Waals surface area contributed by atoms with Crippen molar-refractivity contribution in [2.45, 2.75) is 124 Å². The van der Waals surface area contributed by atoms with Gasteiger partial charge in [-0.25, -0.2) is 0 Å². The van der Waals surface area contributed by atoms with Crippen LogP contribution in [0.15, 0.2) is 0 Å². The van der Waals surface area contributed by atoms with Gasteiger partial charge in [-0.15, -0.1) is 0 Å². The Labute approximate surface area is 159 Å². The van der Waals surface area contributed by atoms with Gasteiger partial charge in [0.25, 0.3) is 0 Å². The van der Waals surface area contributed by atoms with Crippen LogP contribution in [-0.4, -0.2) is 24.9 Å². The number of hydrogen-bond acceptors (Lipinski definition) is 2. The van der Waals surface area contributed by atoms with Crippen molar-refractivity contribution < 1.29 is 9.84 Å². The summed E-state index contributed by atoms with van der Waals surface area (Å²) < 4.78 is 5.65. The highest BCUT2D eigenvalue weighted by Crippen LogP contribution is 2.15. The molecule has 0 spiro atoms. The van der Waals surface area contributed by atoms with Crippen LogP contribution in [0.2, 0.25) is 0 Å². The minimum atomic E-state index is -0.0882. The quantitative estimate of drug-likeness (QED) is 0.232. The number of aliphatic hydroxyl groups excluding tert-OH is 1. The Balaban J connectivity index is 3.05. The Kier molecular flexibility index (Phi) is 18.6. The topological polar surface area (TPSA) is 29.5 Å². The third-order valence-corrected chi connectivity index (χ3v) is 5.06. The molecule has 0 radical (unpaired) electrons. The number of unbranched alkanes of at least 4 members (excludes halogenated alkanes) is 15. The molecule has 0 atom stereocenters. The zero-order valence-electron chi connectivity index (χ0n) is 17.8. The van der Waals surface area contributed by atoms with Crippen LogP contribution >= 0.6 is 0 Å². The minimum absolute atomic E-state index is 0.0882. The molecule has 0 saturated heterocycles. The molecule has 0 aromatic carbocycles. The molecule has 0 fully saturated rings. The normalized spacial score (nSPS) is 12.0. The van der Waals surface area contributed by atoms with Crippen LogP contribution in [0.1, 0.15) is 124 Å². The van der Waals surface area contributed by atoms with Gasteiger partial charge in [0.15, 0.2) is 0 Å². The lowest BCUT2D eigenvalue weighted by Gasteiger charge is -2.21. The maximum Gasteiger partial charge on any atom is 0.0539 e. The lowest BCUT2D eigenvalue weighted by Crippen LogP contribution is -2.23. The number of ether oxygens (including phenoxy) is 1. The first kappa shape index (κ1) is 24.9. The molecule has 25 heavy (non-hydrogen) atoms. The van der Waals surface area contributed by atoms with Crippen LogP contribution in [0.3, 0.4) is 0 Å². The monoisotopic (exact) mass is 356 g/mol. The fraction of sp³-hybridized carbons (Fsp3) is 1.00. The molecule has 0 saturated carbocycles. The van der Waals surface area contributed by atoms with Gasteiger partial charge in [0.05, 0.1) is 13.2 Å². The van der Waals surface area contributed by atoms with Crippen molar-refractivity contribution in [3.8, 4) is 0 Å². The van der Waals surface area contributed by atoms with Gasteiger partial charge in [0.1, 0.15) is 0 Å². The summed E-state index contributed by atoms with van der Waals surface area (Å²) in [6.07, 6.45) is 22.4. The van der Waals surface area contributed by atoms with Gasteiger partial charge in [0, 0.05) is 12.0 Å². The van der Waals surface area contributed by atoms with Crippen LogP contribution in [0.25, 0.3) is 0 Å². The maximum absolute atomic E-state index is 9.16. The molecule has 0 aromatic heterocycles. The Bertz CT molecular complexity index is 250. The molecule has 2 nitrogen and oxygen atoms in total. The van der Waals surface area contributed by atoms with E-state index >= 15 is 0 Å². The predicted octanol–water partition coefficient (Wildman–Crippen LogP) is 7.28. The summed E-state index contributed by atoms with van der Waals surface area (Å²) in [7, 11) is 0. The second kappa shape index (κ2) is 18.7. The molecule has 1 N–H and O–H groups in total. The molecule has 0 aliphatic rings. The van der Waals surface area contributed by atoms with Crippen LogP contribution in [0.5, 0.6) is 0 Å². The van der Waals surface area contributed by atoms with E-state index in [1.807, 2.05) is 13.8 Å². The number of rotatable bonds is 20. The minimum Gasteiger partial charge on any atom is -0.396 e. The lowest BCUT2D eigenvalue weighted by atomic mass is 9.97. The van der Waals surface area contributed by atoms with Crippen molar-refractivity contribution >= 4 is 0 Å². The summed E-state index contributed by atoms with van der Waals surface area (Å²) in [5.41, 5.74) is -0.0882. The van der Waals surface area contributed by atoms with Gasteiger partial charge in [-0.3, -0.25) is 0 Å². The van der Waals surface area contributed by atoms with Gasteiger partial charge >= 0.3 is 0 Å². The van der Waals surface area contributed by atoms with Gasteiger partial charge in [-0.05, 0) is 6.42 Å². The third-order valence-electron chi connectivity index (χ3n) is 5.06. The van der Waals surface area contributed by atoms with Crippen molar-refractivity contribution in [2.24, 2.45) is 5.41 Å². The van der Waals surface area contributed by atoms with E-state index in [9.17, 15) is 0 Å². The molecule has 0 rings (SSSR count). The first-order valence-corrected chi connectivity index (χ1v) is 11.3. The summed E-state index contributed by atoms with van der Waals surface area (Å²) in [4.78, 5) is 0. The summed E-state index contributed by atoms with van der Waals surface area (Å²) in [5.74, 6) is 0. The second-order valence-corrected chi connectivity index (χ2v) is 8.68. The van der Waals surface area contributed by atoms with E-state index < -0.39 is 0 Å². The van der Waals surface area contributed by atoms with E-state index in [2.05, 4.69) is 6.92 Å². The lowest BCUT2D eigenvalue weighted by molar-refractivity contribution is 0.0265. The molecule has 0 amide bonds. The number of aliphatic hydroxyl groups is 1. The number of hydrogen-bond donors (Lipinski definition) is 1. The molecule has 0 heterocycles. The Hall–Kier alpha value is -0.0800. The van der Waals surface area contributed by atoms with E-state index in [4.69, 9.17) is 9.84 Å². The van der Waals surface area contributed by atoms with Gasteiger partial charge < -0.3 is 9.84 Å². The summed E-state index contributed by atoms with van der Waals surface area (Å²) in [6, 6.07) is 0. The molecule has 0 aromatic rings. The Morgan fingerprint density at radius 3 is 1.32 bits per heavy atom. The Morgan fingerprint density at radius 1 is 0.600 bits per heavy atom. The second-order valence-electron chi connectivity index (χ2n) is 8.68. The zero-order valence-corrected chi connectivity index (χ0v) is 17.8. The van der Waals surface area contributed by atoms with Crippen molar-refractivity contribution in [1.29, 1.82) is 0 Å².